The van der Waals surface area contributed by atoms with Crippen LogP contribution in [0.25, 0.3) is 0 Å². The van der Waals surface area contributed by atoms with E-state index in [9.17, 15) is 4.79 Å². The van der Waals surface area contributed by atoms with Crippen molar-refractivity contribution >= 4 is 45.5 Å². The molecule has 0 aliphatic rings. The van der Waals surface area contributed by atoms with Crippen LogP contribution in [-0.4, -0.2) is 29.8 Å². The second-order valence-electron chi connectivity index (χ2n) is 4.99. The molecule has 3 aromatic rings. The van der Waals surface area contributed by atoms with Crippen molar-refractivity contribution in [3.8, 4) is 11.5 Å². The molecule has 0 saturated carbocycles. The minimum absolute atomic E-state index is 0.264. The predicted octanol–water partition coefficient (Wildman–Crippen LogP) is 4.55. The summed E-state index contributed by atoms with van der Waals surface area (Å²) in [6.45, 7) is 2.37. The highest BCUT2D eigenvalue weighted by Crippen LogP contribution is 2.31. The van der Waals surface area contributed by atoms with Gasteiger partial charge in [-0.25, -0.2) is 0 Å². The van der Waals surface area contributed by atoms with Crippen LogP contribution in [0.15, 0.2) is 40.1 Å². The summed E-state index contributed by atoms with van der Waals surface area (Å²) in [5, 5.41) is 13.4. The average molecular weight is 408 g/mol. The van der Waals surface area contributed by atoms with Crippen LogP contribution in [0.1, 0.15) is 22.2 Å². The molecule has 0 bridgehead atoms. The fourth-order valence-corrected chi connectivity index (χ4v) is 4.62. The van der Waals surface area contributed by atoms with Crippen molar-refractivity contribution in [2.75, 3.05) is 19.0 Å². The molecule has 9 heteroatoms. The molecule has 0 atom stereocenters. The first-order chi connectivity index (χ1) is 12.7. The zero-order valence-electron chi connectivity index (χ0n) is 14.2. The van der Waals surface area contributed by atoms with E-state index in [1.807, 2.05) is 18.4 Å². The van der Waals surface area contributed by atoms with Crippen molar-refractivity contribution < 1.29 is 14.3 Å². The number of hydrogen-bond acceptors (Lipinski definition) is 8. The number of thioether (sulfide) groups is 1. The first-order valence-electron chi connectivity index (χ1n) is 7.80. The molecule has 0 saturated heterocycles. The average Bonchev–Trinajstić information content (AvgIpc) is 3.32. The molecule has 2 aromatic heterocycles. The number of rotatable bonds is 8. The van der Waals surface area contributed by atoms with Crippen LogP contribution in [0, 0.1) is 0 Å². The smallest absolute Gasteiger partial charge is 0.257 e. The standard InChI is InChI=1S/C17H17N3O3S3/c1-3-23-14-9-11(6-7-13(14)22-2)15(21)18-16-19-20-17(26-16)25-10-12-5-4-8-24-12/h4-9H,3,10H2,1-2H3,(H,18,19,21). The van der Waals surface area contributed by atoms with Gasteiger partial charge in [0.15, 0.2) is 15.8 Å². The second kappa shape index (κ2) is 9.02. The number of aromatic nitrogens is 2. The lowest BCUT2D eigenvalue weighted by molar-refractivity contribution is 0.102. The molecule has 3 rings (SSSR count). The van der Waals surface area contributed by atoms with E-state index in [1.165, 1.54) is 16.2 Å². The van der Waals surface area contributed by atoms with Gasteiger partial charge in [-0.3, -0.25) is 10.1 Å². The predicted molar refractivity (Wildman–Crippen MR) is 106 cm³/mol. The highest BCUT2D eigenvalue weighted by molar-refractivity contribution is 8.00. The summed E-state index contributed by atoms with van der Waals surface area (Å²) in [6, 6.07) is 9.16. The third kappa shape index (κ3) is 4.75. The summed E-state index contributed by atoms with van der Waals surface area (Å²) in [6.07, 6.45) is 0. The number of thiophene rings is 1. The number of carbonyl (C=O) groups excluding carboxylic acids is 1. The normalized spacial score (nSPS) is 10.5. The first kappa shape index (κ1) is 18.7. The molecule has 1 N–H and O–H groups in total. The third-order valence-electron chi connectivity index (χ3n) is 3.27. The summed E-state index contributed by atoms with van der Waals surface area (Å²) in [5.74, 6) is 1.70. The molecule has 6 nitrogen and oxygen atoms in total. The van der Waals surface area contributed by atoms with Crippen LogP contribution < -0.4 is 14.8 Å². The maximum absolute atomic E-state index is 12.5. The van der Waals surface area contributed by atoms with E-state index in [-0.39, 0.29) is 5.91 Å². The maximum atomic E-state index is 12.5. The Labute approximate surface area is 163 Å². The van der Waals surface area contributed by atoms with Gasteiger partial charge in [-0.15, -0.1) is 21.5 Å². The maximum Gasteiger partial charge on any atom is 0.257 e. The summed E-state index contributed by atoms with van der Waals surface area (Å²) < 4.78 is 11.6. The number of nitrogens with zero attached hydrogens (tertiary/aromatic N) is 2. The highest BCUT2D eigenvalue weighted by Gasteiger charge is 2.14. The van der Waals surface area contributed by atoms with Crippen LogP contribution in [0.5, 0.6) is 11.5 Å². The molecule has 0 spiro atoms. The molecular formula is C17H17N3O3S3. The van der Waals surface area contributed by atoms with E-state index < -0.39 is 0 Å². The molecule has 2 heterocycles. The Balaban J connectivity index is 1.63. The van der Waals surface area contributed by atoms with Crippen molar-refractivity contribution in [3.63, 3.8) is 0 Å². The van der Waals surface area contributed by atoms with Gasteiger partial charge in [0.1, 0.15) is 0 Å². The molecule has 26 heavy (non-hydrogen) atoms. The quantitative estimate of drug-likeness (QED) is 0.436. The van der Waals surface area contributed by atoms with Crippen molar-refractivity contribution in [1.82, 2.24) is 10.2 Å². The van der Waals surface area contributed by atoms with Crippen LogP contribution in [0.4, 0.5) is 5.13 Å². The van der Waals surface area contributed by atoms with Crippen LogP contribution in [0.2, 0.25) is 0 Å². The number of methoxy groups -OCH3 is 1. The van der Waals surface area contributed by atoms with E-state index in [4.69, 9.17) is 9.47 Å². The lowest BCUT2D eigenvalue weighted by atomic mass is 10.2. The fourth-order valence-electron chi connectivity index (χ4n) is 2.10. The van der Waals surface area contributed by atoms with E-state index in [0.29, 0.717) is 28.8 Å². The van der Waals surface area contributed by atoms with Gasteiger partial charge in [0.25, 0.3) is 5.91 Å². The van der Waals surface area contributed by atoms with E-state index in [0.717, 1.165) is 10.1 Å². The van der Waals surface area contributed by atoms with Crippen molar-refractivity contribution in [3.05, 3.63) is 46.2 Å². The Hall–Kier alpha value is -2.10. The van der Waals surface area contributed by atoms with E-state index in [2.05, 4.69) is 21.6 Å². The molecule has 0 aliphatic carbocycles. The molecular weight excluding hydrogens is 390 g/mol. The van der Waals surface area contributed by atoms with Crippen LogP contribution in [-0.2, 0) is 5.75 Å². The Bertz CT molecular complexity index is 865. The zero-order chi connectivity index (χ0) is 18.4. The Kier molecular flexibility index (Phi) is 6.48. The molecule has 0 radical (unpaired) electrons. The minimum Gasteiger partial charge on any atom is -0.493 e. The van der Waals surface area contributed by atoms with Crippen LogP contribution >= 0.6 is 34.4 Å². The number of nitrogens with one attached hydrogen (secondary N) is 1. The molecule has 0 unspecified atom stereocenters. The fraction of sp³-hybridized carbons (Fsp3) is 0.235. The topological polar surface area (TPSA) is 73.3 Å². The van der Waals surface area contributed by atoms with Crippen molar-refractivity contribution in [1.29, 1.82) is 0 Å². The molecule has 0 aliphatic heterocycles. The van der Waals surface area contributed by atoms with Crippen molar-refractivity contribution in [2.24, 2.45) is 0 Å². The number of ether oxygens (including phenoxy) is 2. The number of carbonyl (C=O) groups is 1. The minimum atomic E-state index is -0.264. The Morgan fingerprint density at radius 1 is 1.27 bits per heavy atom. The number of benzene rings is 1. The van der Waals surface area contributed by atoms with Gasteiger partial charge in [-0.05, 0) is 36.6 Å². The van der Waals surface area contributed by atoms with Gasteiger partial charge in [0, 0.05) is 16.2 Å². The summed E-state index contributed by atoms with van der Waals surface area (Å²) in [4.78, 5) is 13.7. The SMILES string of the molecule is CCOc1cc(C(=O)Nc2nnc(SCc3cccs3)s2)ccc1OC. The molecule has 1 aromatic carbocycles. The highest BCUT2D eigenvalue weighted by atomic mass is 32.2. The molecule has 1 amide bonds. The van der Waals surface area contributed by atoms with Gasteiger partial charge in [-0.2, -0.15) is 0 Å². The second-order valence-corrected chi connectivity index (χ2v) is 8.23. The molecule has 0 fully saturated rings. The lowest BCUT2D eigenvalue weighted by Crippen LogP contribution is -2.12. The largest absolute Gasteiger partial charge is 0.493 e. The van der Waals surface area contributed by atoms with Gasteiger partial charge in [-0.1, -0.05) is 29.2 Å². The summed E-state index contributed by atoms with van der Waals surface area (Å²) >= 11 is 4.67. The first-order valence-corrected chi connectivity index (χ1v) is 10.5. The Morgan fingerprint density at radius 3 is 2.88 bits per heavy atom. The third-order valence-corrected chi connectivity index (χ3v) is 6.35. The summed E-state index contributed by atoms with van der Waals surface area (Å²) in [5.41, 5.74) is 0.470. The number of anilines is 1. The monoisotopic (exact) mass is 407 g/mol. The zero-order valence-corrected chi connectivity index (χ0v) is 16.7. The van der Waals surface area contributed by atoms with Gasteiger partial charge in [0.05, 0.1) is 13.7 Å². The van der Waals surface area contributed by atoms with Gasteiger partial charge >= 0.3 is 0 Å². The number of amides is 1. The van der Waals surface area contributed by atoms with E-state index in [1.54, 1.807) is 48.4 Å². The van der Waals surface area contributed by atoms with Gasteiger partial charge in [0.2, 0.25) is 5.13 Å². The molecule has 136 valence electrons. The van der Waals surface area contributed by atoms with Crippen molar-refractivity contribution in [2.45, 2.75) is 17.0 Å². The lowest BCUT2D eigenvalue weighted by Gasteiger charge is -2.10. The number of hydrogen-bond donors (Lipinski definition) is 1. The van der Waals surface area contributed by atoms with Crippen LogP contribution in [0.3, 0.4) is 0 Å². The van der Waals surface area contributed by atoms with Gasteiger partial charge < -0.3 is 9.47 Å². The Morgan fingerprint density at radius 2 is 2.15 bits per heavy atom. The van der Waals surface area contributed by atoms with E-state index >= 15 is 0 Å². The summed E-state index contributed by atoms with van der Waals surface area (Å²) in [7, 11) is 1.56.